The minimum absolute atomic E-state index is 0.0825. The van der Waals surface area contributed by atoms with Gasteiger partial charge >= 0.3 is 11.9 Å². The SMILES string of the molecule is CCCCCCCCCCC1CC(N[C@@H](C)C(=O)N2CCC[C@H]2C(=O)O)C(=O)O1. The molecule has 2 heterocycles. The van der Waals surface area contributed by atoms with Crippen molar-refractivity contribution in [1.29, 1.82) is 0 Å². The van der Waals surface area contributed by atoms with Crippen molar-refractivity contribution in [3.05, 3.63) is 0 Å². The molecule has 0 aliphatic carbocycles. The minimum atomic E-state index is -0.964. The first kappa shape index (κ1) is 23.6. The van der Waals surface area contributed by atoms with Gasteiger partial charge in [0.25, 0.3) is 0 Å². The number of carbonyl (C=O) groups is 3. The van der Waals surface area contributed by atoms with Crippen LogP contribution in [0.1, 0.15) is 90.9 Å². The molecule has 0 saturated carbocycles. The lowest BCUT2D eigenvalue weighted by Crippen LogP contribution is -2.52. The van der Waals surface area contributed by atoms with E-state index in [1.807, 2.05) is 0 Å². The molecule has 0 aromatic rings. The average Bonchev–Trinajstić information content (AvgIpc) is 3.30. The van der Waals surface area contributed by atoms with Gasteiger partial charge in [-0.25, -0.2) is 4.79 Å². The third-order valence-corrected chi connectivity index (χ3v) is 6.09. The Bertz CT molecular complexity index is 553. The Morgan fingerprint density at radius 2 is 1.83 bits per heavy atom. The molecule has 0 aromatic carbocycles. The molecule has 4 atom stereocenters. The maximum absolute atomic E-state index is 12.6. The molecule has 7 nitrogen and oxygen atoms in total. The van der Waals surface area contributed by atoms with Gasteiger partial charge in [0.05, 0.1) is 6.04 Å². The minimum Gasteiger partial charge on any atom is -0.480 e. The van der Waals surface area contributed by atoms with Crippen molar-refractivity contribution < 1.29 is 24.2 Å². The molecule has 2 aliphatic rings. The second-order valence-corrected chi connectivity index (χ2v) is 8.53. The second kappa shape index (κ2) is 12.2. The van der Waals surface area contributed by atoms with Crippen molar-refractivity contribution in [2.24, 2.45) is 0 Å². The molecule has 2 rings (SSSR count). The number of rotatable bonds is 13. The number of ether oxygens (including phenoxy) is 1. The Morgan fingerprint density at radius 3 is 2.48 bits per heavy atom. The largest absolute Gasteiger partial charge is 0.480 e. The number of cyclic esters (lactones) is 1. The first-order valence-corrected chi connectivity index (χ1v) is 11.4. The Labute approximate surface area is 174 Å². The summed E-state index contributed by atoms with van der Waals surface area (Å²) in [6.07, 6.45) is 12.5. The molecule has 0 spiro atoms. The maximum Gasteiger partial charge on any atom is 0.326 e. The molecule has 0 bridgehead atoms. The van der Waals surface area contributed by atoms with Crippen LogP contribution in [-0.4, -0.2) is 58.6 Å². The van der Waals surface area contributed by atoms with Gasteiger partial charge in [0.1, 0.15) is 18.2 Å². The van der Waals surface area contributed by atoms with Crippen LogP contribution >= 0.6 is 0 Å². The zero-order valence-electron chi connectivity index (χ0n) is 18.0. The van der Waals surface area contributed by atoms with Crippen LogP contribution in [0.5, 0.6) is 0 Å². The van der Waals surface area contributed by atoms with Crippen LogP contribution in [0.2, 0.25) is 0 Å². The molecular weight excluding hydrogens is 372 g/mol. The summed E-state index contributed by atoms with van der Waals surface area (Å²) in [5.74, 6) is -1.52. The van der Waals surface area contributed by atoms with Gasteiger partial charge in [-0.3, -0.25) is 14.9 Å². The van der Waals surface area contributed by atoms with E-state index in [-0.39, 0.29) is 18.0 Å². The Kier molecular flexibility index (Phi) is 9.91. The highest BCUT2D eigenvalue weighted by molar-refractivity contribution is 5.88. The second-order valence-electron chi connectivity index (χ2n) is 8.53. The summed E-state index contributed by atoms with van der Waals surface area (Å²) in [4.78, 5) is 37.5. The van der Waals surface area contributed by atoms with E-state index >= 15 is 0 Å². The van der Waals surface area contributed by atoms with Crippen LogP contribution in [0.15, 0.2) is 0 Å². The van der Waals surface area contributed by atoms with Crippen LogP contribution < -0.4 is 5.32 Å². The van der Waals surface area contributed by atoms with E-state index < -0.39 is 24.1 Å². The summed E-state index contributed by atoms with van der Waals surface area (Å²) >= 11 is 0. The fourth-order valence-electron chi connectivity index (χ4n) is 4.38. The lowest BCUT2D eigenvalue weighted by molar-refractivity contribution is -0.149. The van der Waals surface area contributed by atoms with E-state index in [2.05, 4.69) is 12.2 Å². The fraction of sp³-hybridized carbons (Fsp3) is 0.864. The van der Waals surface area contributed by atoms with E-state index in [1.54, 1.807) is 6.92 Å². The van der Waals surface area contributed by atoms with Gasteiger partial charge in [-0.15, -0.1) is 0 Å². The number of esters is 1. The highest BCUT2D eigenvalue weighted by Gasteiger charge is 2.39. The predicted molar refractivity (Wildman–Crippen MR) is 110 cm³/mol. The molecule has 2 saturated heterocycles. The lowest BCUT2D eigenvalue weighted by atomic mass is 10.0. The van der Waals surface area contributed by atoms with Gasteiger partial charge < -0.3 is 14.7 Å². The maximum atomic E-state index is 12.6. The highest BCUT2D eigenvalue weighted by Crippen LogP contribution is 2.23. The van der Waals surface area contributed by atoms with Gasteiger partial charge in [0.2, 0.25) is 5.91 Å². The van der Waals surface area contributed by atoms with Crippen LogP contribution in [0.25, 0.3) is 0 Å². The summed E-state index contributed by atoms with van der Waals surface area (Å²) in [6, 6.07) is -1.84. The van der Waals surface area contributed by atoms with Crippen molar-refractivity contribution in [1.82, 2.24) is 10.2 Å². The number of hydrogen-bond acceptors (Lipinski definition) is 5. The summed E-state index contributed by atoms with van der Waals surface area (Å²) in [5.41, 5.74) is 0. The van der Waals surface area contributed by atoms with E-state index in [0.29, 0.717) is 25.8 Å². The first-order valence-electron chi connectivity index (χ1n) is 11.4. The van der Waals surface area contributed by atoms with Gasteiger partial charge in [-0.2, -0.15) is 0 Å². The van der Waals surface area contributed by atoms with Crippen LogP contribution in [0.3, 0.4) is 0 Å². The van der Waals surface area contributed by atoms with E-state index in [1.165, 1.54) is 49.8 Å². The third kappa shape index (κ3) is 7.28. The Hall–Kier alpha value is -1.63. The van der Waals surface area contributed by atoms with Crippen LogP contribution in [0.4, 0.5) is 0 Å². The standard InChI is InChI=1S/C22H38N2O5/c1-3-4-5-6-7-8-9-10-12-17-15-18(22(28)29-17)23-16(2)20(25)24-14-11-13-19(24)21(26)27/h16-19,23H,3-15H2,1-2H3,(H,26,27)/t16-,17?,18?,19-/m0/s1. The monoisotopic (exact) mass is 410 g/mol. The van der Waals surface area contributed by atoms with Gasteiger partial charge in [-0.1, -0.05) is 51.9 Å². The van der Waals surface area contributed by atoms with E-state index in [0.717, 1.165) is 12.8 Å². The summed E-state index contributed by atoms with van der Waals surface area (Å²) in [6.45, 7) is 4.37. The first-order chi connectivity index (χ1) is 13.9. The summed E-state index contributed by atoms with van der Waals surface area (Å²) < 4.78 is 5.48. The number of amides is 1. The summed E-state index contributed by atoms with van der Waals surface area (Å²) in [5, 5.41) is 12.3. The van der Waals surface area contributed by atoms with Crippen molar-refractivity contribution in [2.75, 3.05) is 6.54 Å². The number of nitrogens with zero attached hydrogens (tertiary/aromatic N) is 1. The summed E-state index contributed by atoms with van der Waals surface area (Å²) in [7, 11) is 0. The van der Waals surface area contributed by atoms with Gasteiger partial charge in [-0.05, 0) is 32.6 Å². The molecule has 166 valence electrons. The van der Waals surface area contributed by atoms with E-state index in [4.69, 9.17) is 4.74 Å². The fourth-order valence-corrected chi connectivity index (χ4v) is 4.38. The van der Waals surface area contributed by atoms with Crippen molar-refractivity contribution in [3.63, 3.8) is 0 Å². The third-order valence-electron chi connectivity index (χ3n) is 6.09. The number of hydrogen-bond donors (Lipinski definition) is 2. The highest BCUT2D eigenvalue weighted by atomic mass is 16.6. The Balaban J connectivity index is 1.66. The predicted octanol–water partition coefficient (Wildman–Crippen LogP) is 3.26. The molecule has 2 unspecified atom stereocenters. The van der Waals surface area contributed by atoms with E-state index in [9.17, 15) is 19.5 Å². The van der Waals surface area contributed by atoms with Crippen molar-refractivity contribution >= 4 is 17.8 Å². The Morgan fingerprint density at radius 1 is 1.17 bits per heavy atom. The van der Waals surface area contributed by atoms with Crippen LogP contribution in [-0.2, 0) is 19.1 Å². The number of carbonyl (C=O) groups excluding carboxylic acids is 2. The number of carboxylic acid groups (broad SMARTS) is 1. The lowest BCUT2D eigenvalue weighted by Gasteiger charge is -2.26. The average molecular weight is 411 g/mol. The number of aliphatic carboxylic acids is 1. The van der Waals surface area contributed by atoms with Gasteiger partial charge in [0.15, 0.2) is 0 Å². The zero-order valence-corrected chi connectivity index (χ0v) is 18.0. The molecule has 1 amide bonds. The van der Waals surface area contributed by atoms with Crippen LogP contribution in [0, 0.1) is 0 Å². The molecule has 0 radical (unpaired) electrons. The molecular formula is C22H38N2O5. The smallest absolute Gasteiger partial charge is 0.326 e. The molecule has 2 fully saturated rings. The number of carboxylic acids is 1. The number of nitrogens with one attached hydrogen (secondary N) is 1. The molecule has 0 aromatic heterocycles. The van der Waals surface area contributed by atoms with Crippen molar-refractivity contribution in [2.45, 2.75) is 115 Å². The topological polar surface area (TPSA) is 95.9 Å². The number of unbranched alkanes of at least 4 members (excludes halogenated alkanes) is 7. The van der Waals surface area contributed by atoms with Crippen molar-refractivity contribution in [3.8, 4) is 0 Å². The number of likely N-dealkylation sites (tertiary alicyclic amines) is 1. The molecule has 2 aliphatic heterocycles. The zero-order chi connectivity index (χ0) is 21.2. The molecule has 2 N–H and O–H groups in total. The molecule has 29 heavy (non-hydrogen) atoms. The van der Waals surface area contributed by atoms with Gasteiger partial charge in [0, 0.05) is 13.0 Å². The normalized spacial score (nSPS) is 25.2. The quantitative estimate of drug-likeness (QED) is 0.357. The molecule has 7 heteroatoms.